The molecule has 0 N–H and O–H groups in total. The first-order valence-corrected chi connectivity index (χ1v) is 15.4. The van der Waals surface area contributed by atoms with Gasteiger partial charge in [-0.05, 0) is 97.0 Å². The molecule has 0 spiro atoms. The Morgan fingerprint density at radius 3 is 1.76 bits per heavy atom. The van der Waals surface area contributed by atoms with E-state index in [1.54, 1.807) is 0 Å². The number of benzene rings is 4. The van der Waals surface area contributed by atoms with Crippen molar-refractivity contribution in [2.45, 2.75) is 52.7 Å². The van der Waals surface area contributed by atoms with Crippen molar-refractivity contribution in [2.75, 3.05) is 27.2 Å². The molecule has 2 aliphatic rings. The smallest absolute Gasteiger partial charge is 0.131 e. The highest BCUT2D eigenvalue weighted by Crippen LogP contribution is 2.44. The van der Waals surface area contributed by atoms with Crippen molar-refractivity contribution in [3.8, 4) is 33.8 Å². The van der Waals surface area contributed by atoms with Crippen molar-refractivity contribution in [2.24, 2.45) is 0 Å². The fourth-order valence-corrected chi connectivity index (χ4v) is 6.98. The number of hydrogen-bond acceptors (Lipinski definition) is 4. The van der Waals surface area contributed by atoms with E-state index in [2.05, 4.69) is 94.3 Å². The second-order valence-corrected chi connectivity index (χ2v) is 12.9. The van der Waals surface area contributed by atoms with E-state index in [-0.39, 0.29) is 12.2 Å². The zero-order valence-corrected chi connectivity index (χ0v) is 26.7. The standard InChI is InChI=1S/C36H38Cl2N2O2/c1-21-12-25-16-28(41-35(25)31(14-21)30-18-27(37)10-11-33(30)38)19-39(5)40(6)20-29-17-26-13-22(2)15-32(36(26)42-29)34-23(3)8-7-9-24(34)4/h7-15,18,28-29H,16-17,19-20H2,1-6H3. The molecular formula is C36H38Cl2N2O2. The molecule has 2 unspecified atom stereocenters. The summed E-state index contributed by atoms with van der Waals surface area (Å²) in [7, 11) is 4.26. The maximum atomic E-state index is 6.67. The molecule has 6 rings (SSSR count). The molecule has 0 bridgehead atoms. The summed E-state index contributed by atoms with van der Waals surface area (Å²) in [6.07, 6.45) is 1.87. The third-order valence-electron chi connectivity index (χ3n) is 8.57. The Morgan fingerprint density at radius 2 is 1.19 bits per heavy atom. The third-order valence-corrected chi connectivity index (χ3v) is 9.14. The summed E-state index contributed by atoms with van der Waals surface area (Å²) in [5.74, 6) is 1.95. The van der Waals surface area contributed by atoms with E-state index >= 15 is 0 Å². The number of ether oxygens (including phenoxy) is 2. The Labute approximate surface area is 259 Å². The van der Waals surface area contributed by atoms with Gasteiger partial charge in [0.05, 0.1) is 13.1 Å². The van der Waals surface area contributed by atoms with Crippen LogP contribution in [0.3, 0.4) is 0 Å². The van der Waals surface area contributed by atoms with E-state index in [0.717, 1.165) is 48.6 Å². The monoisotopic (exact) mass is 600 g/mol. The third kappa shape index (κ3) is 5.66. The van der Waals surface area contributed by atoms with E-state index in [0.29, 0.717) is 10.0 Å². The maximum Gasteiger partial charge on any atom is 0.131 e. The predicted octanol–water partition coefficient (Wildman–Crippen LogP) is 8.65. The maximum absolute atomic E-state index is 6.67. The number of nitrogens with zero attached hydrogens (tertiary/aromatic N) is 2. The lowest BCUT2D eigenvalue weighted by molar-refractivity contribution is -0.0221. The van der Waals surface area contributed by atoms with Crippen LogP contribution in [0.25, 0.3) is 22.3 Å². The predicted molar refractivity (Wildman–Crippen MR) is 174 cm³/mol. The number of fused-ring (bicyclic) bond motifs is 2. The average Bonchev–Trinajstić information content (AvgIpc) is 3.52. The molecule has 0 saturated heterocycles. The molecule has 0 aromatic heterocycles. The van der Waals surface area contributed by atoms with Crippen LogP contribution in [0, 0.1) is 27.7 Å². The van der Waals surface area contributed by atoms with E-state index < -0.39 is 0 Å². The molecule has 42 heavy (non-hydrogen) atoms. The van der Waals surface area contributed by atoms with Gasteiger partial charge in [0.25, 0.3) is 0 Å². The molecule has 0 aliphatic carbocycles. The van der Waals surface area contributed by atoms with Gasteiger partial charge in [-0.25, -0.2) is 10.0 Å². The van der Waals surface area contributed by atoms with Crippen LogP contribution in [0.1, 0.15) is 33.4 Å². The first kappa shape index (κ1) is 29.1. The highest BCUT2D eigenvalue weighted by atomic mass is 35.5. The van der Waals surface area contributed by atoms with Crippen LogP contribution in [0.15, 0.2) is 60.7 Å². The molecule has 0 amide bonds. The van der Waals surface area contributed by atoms with Crippen molar-refractivity contribution in [1.29, 1.82) is 0 Å². The van der Waals surface area contributed by atoms with Crippen LogP contribution in [0.2, 0.25) is 10.0 Å². The van der Waals surface area contributed by atoms with Crippen molar-refractivity contribution in [1.82, 2.24) is 10.0 Å². The van der Waals surface area contributed by atoms with Crippen LogP contribution in [-0.4, -0.2) is 49.4 Å². The van der Waals surface area contributed by atoms with Gasteiger partial charge in [-0.15, -0.1) is 0 Å². The molecule has 0 saturated carbocycles. The second kappa shape index (κ2) is 11.6. The van der Waals surface area contributed by atoms with Crippen LogP contribution in [0.5, 0.6) is 11.5 Å². The van der Waals surface area contributed by atoms with Gasteiger partial charge >= 0.3 is 0 Å². The number of rotatable bonds is 7. The van der Waals surface area contributed by atoms with Gasteiger partial charge in [-0.3, -0.25) is 0 Å². The zero-order chi connectivity index (χ0) is 29.7. The van der Waals surface area contributed by atoms with Gasteiger partial charge in [0.15, 0.2) is 0 Å². The van der Waals surface area contributed by atoms with Gasteiger partial charge in [0.1, 0.15) is 23.7 Å². The Morgan fingerprint density at radius 1 is 0.667 bits per heavy atom. The highest BCUT2D eigenvalue weighted by molar-refractivity contribution is 6.35. The molecule has 218 valence electrons. The minimum absolute atomic E-state index is 0.0333. The molecule has 2 aliphatic heterocycles. The summed E-state index contributed by atoms with van der Waals surface area (Å²) in [6.45, 7) is 10.2. The Kier molecular flexibility index (Phi) is 8.01. The lowest BCUT2D eigenvalue weighted by Gasteiger charge is -2.31. The number of halogens is 2. The lowest BCUT2D eigenvalue weighted by Crippen LogP contribution is -2.46. The number of hydrogen-bond donors (Lipinski definition) is 0. The van der Waals surface area contributed by atoms with E-state index in [4.69, 9.17) is 32.7 Å². The normalized spacial score (nSPS) is 17.4. The van der Waals surface area contributed by atoms with Crippen LogP contribution in [0.4, 0.5) is 0 Å². The summed E-state index contributed by atoms with van der Waals surface area (Å²) in [5.41, 5.74) is 11.9. The highest BCUT2D eigenvalue weighted by Gasteiger charge is 2.31. The fraction of sp³-hybridized carbons (Fsp3) is 0.333. The minimum Gasteiger partial charge on any atom is -0.488 e. The molecule has 0 fully saturated rings. The van der Waals surface area contributed by atoms with Gasteiger partial charge in [-0.2, -0.15) is 0 Å². The molecular weight excluding hydrogens is 563 g/mol. The van der Waals surface area contributed by atoms with Gasteiger partial charge in [0.2, 0.25) is 0 Å². The fourth-order valence-electron chi connectivity index (χ4n) is 6.59. The van der Waals surface area contributed by atoms with Crippen LogP contribution in [-0.2, 0) is 12.8 Å². The second-order valence-electron chi connectivity index (χ2n) is 12.1. The molecule has 4 aromatic carbocycles. The van der Waals surface area contributed by atoms with Crippen molar-refractivity contribution < 1.29 is 9.47 Å². The summed E-state index contributed by atoms with van der Waals surface area (Å²) >= 11 is 12.9. The summed E-state index contributed by atoms with van der Waals surface area (Å²) in [6, 6.07) is 21.0. The van der Waals surface area contributed by atoms with Gasteiger partial charge in [0, 0.05) is 53.7 Å². The molecule has 2 heterocycles. The average molecular weight is 602 g/mol. The molecule has 4 nitrogen and oxygen atoms in total. The largest absolute Gasteiger partial charge is 0.488 e. The quantitative estimate of drug-likeness (QED) is 0.198. The molecule has 4 aromatic rings. The molecule has 6 heteroatoms. The summed E-state index contributed by atoms with van der Waals surface area (Å²) in [5, 5.41) is 5.84. The lowest BCUT2D eigenvalue weighted by atomic mass is 9.92. The zero-order valence-electron chi connectivity index (χ0n) is 25.2. The first-order valence-electron chi connectivity index (χ1n) is 14.6. The number of likely N-dealkylation sites (N-methyl/N-ethyl adjacent to an activating group) is 2. The molecule has 2 atom stereocenters. The number of aryl methyl sites for hydroxylation is 4. The van der Waals surface area contributed by atoms with Crippen LogP contribution >= 0.6 is 23.2 Å². The number of hydrazine groups is 1. The molecule has 0 radical (unpaired) electrons. The first-order chi connectivity index (χ1) is 20.1. The Balaban J connectivity index is 1.14. The van der Waals surface area contributed by atoms with Crippen LogP contribution < -0.4 is 9.47 Å². The minimum atomic E-state index is 0.0333. The van der Waals surface area contributed by atoms with Crippen molar-refractivity contribution >= 4 is 23.2 Å². The van der Waals surface area contributed by atoms with E-state index in [1.165, 1.54) is 44.5 Å². The topological polar surface area (TPSA) is 24.9 Å². The van der Waals surface area contributed by atoms with Gasteiger partial charge < -0.3 is 9.47 Å². The Hall–Kier alpha value is -3.02. The van der Waals surface area contributed by atoms with Gasteiger partial charge in [-0.1, -0.05) is 53.5 Å². The van der Waals surface area contributed by atoms with E-state index in [1.807, 2.05) is 18.2 Å². The SMILES string of the molecule is Cc1cc2c(c(-c3cc(Cl)ccc3Cl)c1)OC(CN(C)N(C)CC1Cc3cc(C)cc(-c4c(C)cccc4C)c3O1)C2. The Bertz CT molecular complexity index is 1650. The van der Waals surface area contributed by atoms with E-state index in [9.17, 15) is 0 Å². The van der Waals surface area contributed by atoms with Crippen molar-refractivity contribution in [3.63, 3.8) is 0 Å². The summed E-state index contributed by atoms with van der Waals surface area (Å²) < 4.78 is 13.3. The summed E-state index contributed by atoms with van der Waals surface area (Å²) in [4.78, 5) is 0. The van der Waals surface area contributed by atoms with Crippen molar-refractivity contribution in [3.05, 3.63) is 104 Å².